The highest BCUT2D eigenvalue weighted by atomic mass is 79.9. The van der Waals surface area contributed by atoms with Crippen LogP contribution in [0.25, 0.3) is 0 Å². The van der Waals surface area contributed by atoms with Gasteiger partial charge in [-0.1, -0.05) is 6.92 Å². The van der Waals surface area contributed by atoms with Gasteiger partial charge >= 0.3 is 0 Å². The summed E-state index contributed by atoms with van der Waals surface area (Å²) in [6, 6.07) is 4.40. The Labute approximate surface area is 81.6 Å². The van der Waals surface area contributed by atoms with E-state index >= 15 is 0 Å². The molecule has 0 aliphatic carbocycles. The lowest BCUT2D eigenvalue weighted by atomic mass is 10.3. The quantitative estimate of drug-likeness (QED) is 0.789. The summed E-state index contributed by atoms with van der Waals surface area (Å²) in [5.74, 6) is 0.227. The maximum atomic E-state index is 12.7. The number of hydrogen-bond donors (Lipinski definition) is 0. The zero-order chi connectivity index (χ0) is 9.14. The lowest BCUT2D eigenvalue weighted by Crippen LogP contribution is -1.94. The molecule has 0 aromatic heterocycles. The van der Waals surface area contributed by atoms with Crippen molar-refractivity contribution < 1.29 is 8.60 Å². The molecule has 4 heteroatoms. The Balaban J connectivity index is 3.05. The fraction of sp³-hybridized carbons (Fsp3) is 0.250. The predicted octanol–water partition coefficient (Wildman–Crippen LogP) is 2.72. The van der Waals surface area contributed by atoms with Crippen LogP contribution in [0, 0.1) is 5.82 Å². The minimum absolute atomic E-state index is 0.327. The van der Waals surface area contributed by atoms with Gasteiger partial charge in [0.1, 0.15) is 5.82 Å². The molecule has 1 aromatic rings. The number of hydrogen-bond acceptors (Lipinski definition) is 1. The van der Waals surface area contributed by atoms with Crippen LogP contribution in [-0.4, -0.2) is 9.96 Å². The van der Waals surface area contributed by atoms with E-state index in [1.807, 2.05) is 6.92 Å². The average molecular weight is 251 g/mol. The van der Waals surface area contributed by atoms with Crippen LogP contribution in [0.5, 0.6) is 0 Å². The van der Waals surface area contributed by atoms with Gasteiger partial charge in [0.15, 0.2) is 0 Å². The van der Waals surface area contributed by atoms with Crippen molar-refractivity contribution in [2.75, 3.05) is 5.75 Å². The van der Waals surface area contributed by atoms with Crippen molar-refractivity contribution in [2.24, 2.45) is 0 Å². The molecule has 0 fully saturated rings. The first-order valence-corrected chi connectivity index (χ1v) is 5.59. The van der Waals surface area contributed by atoms with E-state index in [2.05, 4.69) is 15.9 Å². The van der Waals surface area contributed by atoms with Crippen molar-refractivity contribution in [3.63, 3.8) is 0 Å². The third-order valence-corrected chi connectivity index (χ3v) is 3.33. The predicted molar refractivity (Wildman–Crippen MR) is 51.0 cm³/mol. The van der Waals surface area contributed by atoms with E-state index in [4.69, 9.17) is 0 Å². The molecule has 0 saturated carbocycles. The summed E-state index contributed by atoms with van der Waals surface area (Å²) in [6.45, 7) is 1.83. The summed E-state index contributed by atoms with van der Waals surface area (Å²) in [5.41, 5.74) is 0. The van der Waals surface area contributed by atoms with E-state index < -0.39 is 10.8 Å². The van der Waals surface area contributed by atoms with Gasteiger partial charge < -0.3 is 0 Å². The van der Waals surface area contributed by atoms with Gasteiger partial charge in [-0.25, -0.2) is 4.39 Å². The van der Waals surface area contributed by atoms with Crippen LogP contribution in [0.3, 0.4) is 0 Å². The summed E-state index contributed by atoms with van der Waals surface area (Å²) in [6.07, 6.45) is 0. The SMILES string of the molecule is CCS(=O)c1ccc(F)c(Br)c1. The van der Waals surface area contributed by atoms with Gasteiger partial charge in [-0.15, -0.1) is 0 Å². The monoisotopic (exact) mass is 250 g/mol. The minimum atomic E-state index is -1.01. The Hall–Kier alpha value is -0.220. The first kappa shape index (κ1) is 9.86. The lowest BCUT2D eigenvalue weighted by Gasteiger charge is -1.99. The van der Waals surface area contributed by atoms with Gasteiger partial charge in [-0.3, -0.25) is 4.21 Å². The van der Waals surface area contributed by atoms with Crippen LogP contribution < -0.4 is 0 Å². The van der Waals surface area contributed by atoms with Gasteiger partial charge in [0, 0.05) is 10.6 Å². The molecule has 0 aliphatic heterocycles. The van der Waals surface area contributed by atoms with E-state index in [0.29, 0.717) is 15.1 Å². The van der Waals surface area contributed by atoms with Gasteiger partial charge in [-0.2, -0.15) is 0 Å². The standard InChI is InChI=1S/C8H8BrFOS/c1-2-12(11)6-3-4-8(10)7(9)5-6/h3-5H,2H2,1H3. The summed E-state index contributed by atoms with van der Waals surface area (Å²) < 4.78 is 24.3. The molecule has 12 heavy (non-hydrogen) atoms. The van der Waals surface area contributed by atoms with E-state index in [-0.39, 0.29) is 5.82 Å². The number of rotatable bonds is 2. The van der Waals surface area contributed by atoms with Crippen molar-refractivity contribution in [3.8, 4) is 0 Å². The van der Waals surface area contributed by atoms with Crippen LogP contribution in [-0.2, 0) is 10.8 Å². The Morgan fingerprint density at radius 2 is 2.25 bits per heavy atom. The molecule has 0 heterocycles. The Bertz CT molecular complexity index is 314. The second-order valence-corrected chi connectivity index (χ2v) is 4.80. The first-order valence-electron chi connectivity index (χ1n) is 3.48. The van der Waals surface area contributed by atoms with E-state index in [1.54, 1.807) is 12.1 Å². The Morgan fingerprint density at radius 3 is 2.75 bits per heavy atom. The fourth-order valence-electron chi connectivity index (χ4n) is 0.785. The molecule has 66 valence electrons. The fourth-order valence-corrected chi connectivity index (χ4v) is 2.12. The topological polar surface area (TPSA) is 17.1 Å². The normalized spacial score (nSPS) is 12.9. The molecule has 1 nitrogen and oxygen atoms in total. The van der Waals surface area contributed by atoms with E-state index in [1.165, 1.54) is 6.07 Å². The highest BCUT2D eigenvalue weighted by Gasteiger charge is 2.04. The van der Waals surface area contributed by atoms with Crippen LogP contribution in [0.1, 0.15) is 6.92 Å². The molecule has 1 unspecified atom stereocenters. The summed E-state index contributed by atoms with van der Waals surface area (Å²) >= 11 is 3.03. The van der Waals surface area contributed by atoms with Gasteiger partial charge in [0.25, 0.3) is 0 Å². The Kier molecular flexibility index (Phi) is 3.40. The van der Waals surface area contributed by atoms with Gasteiger partial charge in [-0.05, 0) is 34.1 Å². The van der Waals surface area contributed by atoms with E-state index in [0.717, 1.165) is 0 Å². The largest absolute Gasteiger partial charge is 0.254 e. The summed E-state index contributed by atoms with van der Waals surface area (Å²) in [7, 11) is -1.01. The van der Waals surface area contributed by atoms with Crippen LogP contribution in [0.4, 0.5) is 4.39 Å². The van der Waals surface area contributed by atoms with Crippen LogP contribution >= 0.6 is 15.9 Å². The summed E-state index contributed by atoms with van der Waals surface area (Å²) in [4.78, 5) is 0.658. The number of benzene rings is 1. The molecule has 1 aromatic carbocycles. The van der Waals surface area contributed by atoms with Crippen molar-refractivity contribution in [2.45, 2.75) is 11.8 Å². The minimum Gasteiger partial charge on any atom is -0.254 e. The first-order chi connectivity index (χ1) is 5.65. The highest BCUT2D eigenvalue weighted by molar-refractivity contribution is 9.10. The zero-order valence-electron chi connectivity index (χ0n) is 6.51. The van der Waals surface area contributed by atoms with Crippen molar-refractivity contribution >= 4 is 26.7 Å². The van der Waals surface area contributed by atoms with E-state index in [9.17, 15) is 8.60 Å². The number of halogens is 2. The third-order valence-electron chi connectivity index (χ3n) is 1.42. The molecule has 0 bridgehead atoms. The van der Waals surface area contributed by atoms with Crippen LogP contribution in [0.2, 0.25) is 0 Å². The maximum Gasteiger partial charge on any atom is 0.137 e. The molecule has 0 N–H and O–H groups in total. The molecule has 0 saturated heterocycles. The molecule has 0 spiro atoms. The smallest absolute Gasteiger partial charge is 0.137 e. The zero-order valence-corrected chi connectivity index (χ0v) is 8.91. The Morgan fingerprint density at radius 1 is 1.58 bits per heavy atom. The maximum absolute atomic E-state index is 12.7. The summed E-state index contributed by atoms with van der Waals surface area (Å²) in [5, 5.41) is 0. The van der Waals surface area contributed by atoms with Crippen molar-refractivity contribution in [3.05, 3.63) is 28.5 Å². The molecular weight excluding hydrogens is 243 g/mol. The molecule has 0 aliphatic rings. The highest BCUT2D eigenvalue weighted by Crippen LogP contribution is 2.18. The van der Waals surface area contributed by atoms with Crippen LogP contribution in [0.15, 0.2) is 27.6 Å². The molecule has 0 radical (unpaired) electrons. The molecule has 1 rings (SSSR count). The molecule has 1 atom stereocenters. The average Bonchev–Trinajstić information content (AvgIpc) is 2.08. The third kappa shape index (κ3) is 2.14. The molecular formula is C8H8BrFOS. The molecule has 0 amide bonds. The van der Waals surface area contributed by atoms with Gasteiger partial charge in [0.2, 0.25) is 0 Å². The van der Waals surface area contributed by atoms with Gasteiger partial charge in [0.05, 0.1) is 15.3 Å². The van der Waals surface area contributed by atoms with Crippen molar-refractivity contribution in [1.82, 2.24) is 0 Å². The second kappa shape index (κ2) is 4.14. The lowest BCUT2D eigenvalue weighted by molar-refractivity contribution is 0.619. The van der Waals surface area contributed by atoms with Crippen molar-refractivity contribution in [1.29, 1.82) is 0 Å². The second-order valence-electron chi connectivity index (χ2n) is 2.21.